The van der Waals surface area contributed by atoms with Crippen molar-refractivity contribution in [2.24, 2.45) is 0 Å². The molecule has 0 saturated carbocycles. The van der Waals surface area contributed by atoms with Crippen molar-refractivity contribution in [1.29, 1.82) is 0 Å². The van der Waals surface area contributed by atoms with E-state index >= 15 is 0 Å². The van der Waals surface area contributed by atoms with E-state index in [-0.39, 0.29) is 0 Å². The van der Waals surface area contributed by atoms with E-state index in [1.165, 1.54) is 0 Å². The fraction of sp³-hybridized carbons (Fsp3) is 0.417. The molecule has 1 heterocycles. The molecule has 86 valence electrons. The van der Waals surface area contributed by atoms with Crippen LogP contribution in [0.3, 0.4) is 0 Å². The van der Waals surface area contributed by atoms with E-state index in [4.69, 9.17) is 4.74 Å². The van der Waals surface area contributed by atoms with Gasteiger partial charge >= 0.3 is 0 Å². The monoisotopic (exact) mass is 220 g/mol. The van der Waals surface area contributed by atoms with Crippen molar-refractivity contribution < 1.29 is 9.84 Å². The van der Waals surface area contributed by atoms with E-state index < -0.39 is 6.10 Å². The van der Waals surface area contributed by atoms with Crippen LogP contribution in [0.5, 0.6) is 0 Å². The predicted octanol–water partition coefficient (Wildman–Crippen LogP) is 1.35. The summed E-state index contributed by atoms with van der Waals surface area (Å²) in [6.07, 6.45) is -0.499. The summed E-state index contributed by atoms with van der Waals surface area (Å²) < 4.78 is 6.93. The molecule has 4 nitrogen and oxygen atoms in total. The second kappa shape index (κ2) is 4.63. The zero-order valence-electron chi connectivity index (χ0n) is 9.55. The van der Waals surface area contributed by atoms with Gasteiger partial charge in [-0.15, -0.1) is 0 Å². The molecule has 1 aromatic carbocycles. The number of nitrogens with zero attached hydrogens (tertiary/aromatic N) is 2. The minimum Gasteiger partial charge on any atom is -0.389 e. The SMILES string of the molecule is COC[C@@H](O)Cn1c(C)nc2ccccc21. The number of methoxy groups -OCH3 is 1. The molecule has 0 spiro atoms. The molecular weight excluding hydrogens is 204 g/mol. The Bertz CT molecular complexity index is 479. The molecule has 16 heavy (non-hydrogen) atoms. The van der Waals surface area contributed by atoms with Gasteiger partial charge in [-0.2, -0.15) is 0 Å². The highest BCUT2D eigenvalue weighted by atomic mass is 16.5. The van der Waals surface area contributed by atoms with Crippen molar-refractivity contribution in [2.75, 3.05) is 13.7 Å². The van der Waals surface area contributed by atoms with E-state index in [1.54, 1.807) is 7.11 Å². The highest BCUT2D eigenvalue weighted by molar-refractivity contribution is 5.75. The zero-order chi connectivity index (χ0) is 11.5. The van der Waals surface area contributed by atoms with Crippen LogP contribution in [0.4, 0.5) is 0 Å². The molecule has 0 aliphatic heterocycles. The summed E-state index contributed by atoms with van der Waals surface area (Å²) in [7, 11) is 1.59. The van der Waals surface area contributed by atoms with Crippen LogP contribution < -0.4 is 0 Å². The lowest BCUT2D eigenvalue weighted by Gasteiger charge is -2.12. The maximum absolute atomic E-state index is 9.73. The van der Waals surface area contributed by atoms with Crippen molar-refractivity contribution in [2.45, 2.75) is 19.6 Å². The summed E-state index contributed by atoms with van der Waals surface area (Å²) in [4.78, 5) is 4.44. The lowest BCUT2D eigenvalue weighted by molar-refractivity contribution is 0.0540. The van der Waals surface area contributed by atoms with Crippen LogP contribution in [0.15, 0.2) is 24.3 Å². The number of fused-ring (bicyclic) bond motifs is 1. The molecule has 0 aliphatic rings. The van der Waals surface area contributed by atoms with Crippen LogP contribution in [0.2, 0.25) is 0 Å². The summed E-state index contributed by atoms with van der Waals surface area (Å²) >= 11 is 0. The number of para-hydroxylation sites is 2. The van der Waals surface area contributed by atoms with Crippen LogP contribution in [0, 0.1) is 6.92 Å². The van der Waals surface area contributed by atoms with E-state index in [9.17, 15) is 5.11 Å². The molecule has 0 amide bonds. The molecule has 0 unspecified atom stereocenters. The number of ether oxygens (including phenoxy) is 1. The van der Waals surface area contributed by atoms with Crippen molar-refractivity contribution in [3.63, 3.8) is 0 Å². The van der Waals surface area contributed by atoms with Gasteiger partial charge in [-0.3, -0.25) is 0 Å². The third-order valence-corrected chi connectivity index (χ3v) is 2.60. The van der Waals surface area contributed by atoms with Crippen LogP contribution >= 0.6 is 0 Å². The van der Waals surface area contributed by atoms with Gasteiger partial charge in [-0.25, -0.2) is 4.98 Å². The lowest BCUT2D eigenvalue weighted by atomic mass is 10.3. The van der Waals surface area contributed by atoms with E-state index in [0.717, 1.165) is 16.9 Å². The first-order valence-electron chi connectivity index (χ1n) is 5.31. The minimum absolute atomic E-state index is 0.339. The standard InChI is InChI=1S/C12H16N2O2/c1-9-13-11-5-3-4-6-12(11)14(9)7-10(15)8-16-2/h3-6,10,15H,7-8H2,1-2H3/t10-/m0/s1. The number of imidazole rings is 1. The average Bonchev–Trinajstić information content (AvgIpc) is 2.56. The summed E-state index contributed by atoms with van der Waals surface area (Å²) in [5.41, 5.74) is 2.01. The number of hydrogen-bond donors (Lipinski definition) is 1. The highest BCUT2D eigenvalue weighted by Crippen LogP contribution is 2.15. The number of aliphatic hydroxyl groups excluding tert-OH is 1. The summed E-state index contributed by atoms with van der Waals surface area (Å²) in [6.45, 7) is 2.80. The Labute approximate surface area is 94.5 Å². The first kappa shape index (κ1) is 11.1. The maximum atomic E-state index is 9.73. The first-order valence-corrected chi connectivity index (χ1v) is 5.31. The van der Waals surface area contributed by atoms with Crippen LogP contribution in [0.25, 0.3) is 11.0 Å². The Kier molecular flexibility index (Phi) is 3.22. The number of hydrogen-bond acceptors (Lipinski definition) is 3. The topological polar surface area (TPSA) is 47.3 Å². The third kappa shape index (κ3) is 2.08. The summed E-state index contributed by atoms with van der Waals surface area (Å²) in [5.74, 6) is 0.913. The first-order chi connectivity index (χ1) is 7.72. The smallest absolute Gasteiger partial charge is 0.106 e. The van der Waals surface area contributed by atoms with Gasteiger partial charge in [0.15, 0.2) is 0 Å². The Balaban J connectivity index is 2.32. The fourth-order valence-corrected chi connectivity index (χ4v) is 1.88. The van der Waals surface area contributed by atoms with Crippen molar-refractivity contribution in [3.05, 3.63) is 30.1 Å². The summed E-state index contributed by atoms with van der Waals surface area (Å²) in [6, 6.07) is 7.92. The van der Waals surface area contributed by atoms with Gasteiger partial charge < -0.3 is 14.4 Å². The molecule has 1 aromatic heterocycles. The second-order valence-corrected chi connectivity index (χ2v) is 3.87. The normalized spacial score (nSPS) is 13.2. The molecule has 1 N–H and O–H groups in total. The van der Waals surface area contributed by atoms with Gasteiger partial charge in [0.1, 0.15) is 5.82 Å². The highest BCUT2D eigenvalue weighted by Gasteiger charge is 2.10. The lowest BCUT2D eigenvalue weighted by Crippen LogP contribution is -2.21. The fourth-order valence-electron chi connectivity index (χ4n) is 1.88. The number of benzene rings is 1. The Morgan fingerprint density at radius 3 is 2.94 bits per heavy atom. The molecule has 0 radical (unpaired) electrons. The number of aliphatic hydroxyl groups is 1. The summed E-state index contributed by atoms with van der Waals surface area (Å²) in [5, 5.41) is 9.73. The van der Waals surface area contributed by atoms with Gasteiger partial charge in [0, 0.05) is 7.11 Å². The molecular formula is C12H16N2O2. The quantitative estimate of drug-likeness (QED) is 0.846. The molecule has 0 bridgehead atoms. The zero-order valence-corrected chi connectivity index (χ0v) is 9.55. The number of aryl methyl sites for hydroxylation is 1. The Morgan fingerprint density at radius 1 is 1.44 bits per heavy atom. The van der Waals surface area contributed by atoms with Crippen molar-refractivity contribution in [1.82, 2.24) is 9.55 Å². The molecule has 0 fully saturated rings. The van der Waals surface area contributed by atoms with E-state index in [2.05, 4.69) is 4.98 Å². The average molecular weight is 220 g/mol. The second-order valence-electron chi connectivity index (χ2n) is 3.87. The Hall–Kier alpha value is -1.39. The molecule has 2 aromatic rings. The molecule has 2 rings (SSSR count). The van der Waals surface area contributed by atoms with E-state index in [0.29, 0.717) is 13.2 Å². The maximum Gasteiger partial charge on any atom is 0.106 e. The largest absolute Gasteiger partial charge is 0.389 e. The molecule has 4 heteroatoms. The number of aromatic nitrogens is 2. The van der Waals surface area contributed by atoms with Gasteiger partial charge in [0.25, 0.3) is 0 Å². The molecule has 1 atom stereocenters. The van der Waals surface area contributed by atoms with Crippen molar-refractivity contribution >= 4 is 11.0 Å². The van der Waals surface area contributed by atoms with Gasteiger partial charge in [-0.1, -0.05) is 12.1 Å². The van der Waals surface area contributed by atoms with Gasteiger partial charge in [-0.05, 0) is 19.1 Å². The van der Waals surface area contributed by atoms with E-state index in [1.807, 2.05) is 35.8 Å². The van der Waals surface area contributed by atoms with Gasteiger partial charge in [0.05, 0.1) is 30.3 Å². The number of rotatable bonds is 4. The van der Waals surface area contributed by atoms with Crippen LogP contribution in [-0.2, 0) is 11.3 Å². The Morgan fingerprint density at radius 2 is 2.19 bits per heavy atom. The minimum atomic E-state index is -0.499. The van der Waals surface area contributed by atoms with Crippen LogP contribution in [0.1, 0.15) is 5.82 Å². The molecule has 0 saturated heterocycles. The van der Waals surface area contributed by atoms with Crippen LogP contribution in [-0.4, -0.2) is 34.5 Å². The van der Waals surface area contributed by atoms with Crippen molar-refractivity contribution in [3.8, 4) is 0 Å². The molecule has 0 aliphatic carbocycles. The predicted molar refractivity (Wildman–Crippen MR) is 62.4 cm³/mol. The van der Waals surface area contributed by atoms with Gasteiger partial charge in [0.2, 0.25) is 0 Å². The third-order valence-electron chi connectivity index (χ3n) is 2.60.